The highest BCUT2D eigenvalue weighted by atomic mass is 16.8. The lowest BCUT2D eigenvalue weighted by atomic mass is 9.92. The maximum absolute atomic E-state index is 9.39. The van der Waals surface area contributed by atoms with Crippen molar-refractivity contribution in [2.45, 2.75) is 137 Å². The molecular weight excluding hydrogens is 428 g/mol. The van der Waals surface area contributed by atoms with Crippen molar-refractivity contribution in [1.82, 2.24) is 0 Å². The fraction of sp³-hybridized carbons (Fsp3) is 1.00. The van der Waals surface area contributed by atoms with Crippen molar-refractivity contribution in [2.75, 3.05) is 6.61 Å². The van der Waals surface area contributed by atoms with E-state index in [4.69, 9.17) is 33.5 Å². The van der Waals surface area contributed by atoms with Crippen LogP contribution in [0.4, 0.5) is 0 Å². The van der Waals surface area contributed by atoms with E-state index in [0.29, 0.717) is 24.4 Å². The van der Waals surface area contributed by atoms with E-state index in [2.05, 4.69) is 20.8 Å². The van der Waals surface area contributed by atoms with Gasteiger partial charge >= 0.3 is 0 Å². The first-order valence-electron chi connectivity index (χ1n) is 12.2. The van der Waals surface area contributed by atoms with Gasteiger partial charge in [-0.15, -0.1) is 0 Å². The van der Waals surface area contributed by atoms with Crippen molar-refractivity contribution in [3.05, 3.63) is 0 Å². The van der Waals surface area contributed by atoms with E-state index in [-0.39, 0.29) is 50.8 Å². The molecule has 0 amide bonds. The predicted molar refractivity (Wildman–Crippen MR) is 124 cm³/mol. The minimum Gasteiger partial charge on any atom is -0.394 e. The number of fused-ring (bicyclic) bond motifs is 2. The molecule has 10 atom stereocenters. The Bertz CT molecular complexity index is 559. The third-order valence-corrected chi connectivity index (χ3v) is 7.05. The monoisotopic (exact) mass is 476 g/mol. The summed E-state index contributed by atoms with van der Waals surface area (Å²) in [6.07, 6.45) is 1.70. The molecule has 0 saturated carbocycles. The van der Waals surface area contributed by atoms with E-state index in [1.54, 1.807) is 0 Å². The largest absolute Gasteiger partial charge is 0.394 e. The van der Waals surface area contributed by atoms with Gasteiger partial charge in [-0.3, -0.25) is 0 Å². The van der Waals surface area contributed by atoms with E-state index in [0.717, 1.165) is 6.42 Å². The summed E-state index contributed by atoms with van der Waals surface area (Å²) in [5.41, 5.74) is 0. The molecule has 4 aliphatic rings. The molecule has 0 aliphatic carbocycles. The Labute approximate surface area is 200 Å². The summed E-state index contributed by atoms with van der Waals surface area (Å²) in [7, 11) is 0. The highest BCUT2D eigenvalue weighted by Crippen LogP contribution is 2.43. The van der Waals surface area contributed by atoms with Gasteiger partial charge in [0.05, 0.1) is 24.9 Å². The molecule has 33 heavy (non-hydrogen) atoms. The lowest BCUT2D eigenvalue weighted by molar-refractivity contribution is -0.212. The molecule has 8 heteroatoms. The molecule has 0 aromatic heterocycles. The standard InChI is InChI=1S/C13H24O3.C11H20O5.CH4/c1-6-8(2)7-10-9(3)11-12(14-10)16-13(4,5)15-11;1-6-8(4-7(13)5-12)14-10-9(6)15-11(2,3)16-10;/h8-12H,6-7H2,1-5H3;6-10,12-13H,4-5H2,1-3H3;1H4/t8?,9-,10+,11?,12+;6-,7?,8+,9?,10+;/m00./s1. The number of aliphatic hydroxyl groups is 2. The Morgan fingerprint density at radius 3 is 1.58 bits per heavy atom. The maximum atomic E-state index is 9.39. The zero-order valence-corrected chi connectivity index (χ0v) is 20.9. The number of hydrogen-bond acceptors (Lipinski definition) is 8. The topological polar surface area (TPSA) is 95.8 Å². The number of ether oxygens (including phenoxy) is 6. The van der Waals surface area contributed by atoms with E-state index in [1.165, 1.54) is 6.42 Å². The Morgan fingerprint density at radius 2 is 1.21 bits per heavy atom. The molecule has 8 nitrogen and oxygen atoms in total. The fourth-order valence-corrected chi connectivity index (χ4v) is 4.90. The molecule has 0 aromatic carbocycles. The van der Waals surface area contributed by atoms with Gasteiger partial charge in [-0.1, -0.05) is 41.5 Å². The normalized spacial score (nSPS) is 42.0. The minimum absolute atomic E-state index is 0. The van der Waals surface area contributed by atoms with Crippen LogP contribution in [0.3, 0.4) is 0 Å². The molecule has 0 aromatic rings. The van der Waals surface area contributed by atoms with Gasteiger partial charge in [0.25, 0.3) is 0 Å². The molecule has 4 rings (SSSR count). The highest BCUT2D eigenvalue weighted by molar-refractivity contribution is 4.92. The first-order chi connectivity index (χ1) is 14.9. The summed E-state index contributed by atoms with van der Waals surface area (Å²) in [5, 5.41) is 18.2. The zero-order valence-electron chi connectivity index (χ0n) is 20.9. The first-order valence-corrected chi connectivity index (χ1v) is 12.2. The van der Waals surface area contributed by atoms with E-state index >= 15 is 0 Å². The third-order valence-electron chi connectivity index (χ3n) is 7.05. The van der Waals surface area contributed by atoms with Crippen LogP contribution in [0.25, 0.3) is 0 Å². The fourth-order valence-electron chi connectivity index (χ4n) is 4.90. The second-order valence-electron chi connectivity index (χ2n) is 10.8. The number of rotatable bonds is 6. The van der Waals surface area contributed by atoms with Gasteiger partial charge in [0.1, 0.15) is 12.2 Å². The van der Waals surface area contributed by atoms with Crippen LogP contribution in [-0.2, 0) is 28.4 Å². The summed E-state index contributed by atoms with van der Waals surface area (Å²) in [4.78, 5) is 0. The molecule has 196 valence electrons. The van der Waals surface area contributed by atoms with Crippen LogP contribution in [0.5, 0.6) is 0 Å². The van der Waals surface area contributed by atoms with Crippen LogP contribution >= 0.6 is 0 Å². The van der Waals surface area contributed by atoms with Gasteiger partial charge in [0.15, 0.2) is 24.2 Å². The van der Waals surface area contributed by atoms with Crippen LogP contribution in [-0.4, -0.2) is 71.5 Å². The summed E-state index contributed by atoms with van der Waals surface area (Å²) in [6, 6.07) is 0. The Morgan fingerprint density at radius 1 is 0.788 bits per heavy atom. The molecule has 0 spiro atoms. The summed E-state index contributed by atoms with van der Waals surface area (Å²) < 4.78 is 34.6. The quantitative estimate of drug-likeness (QED) is 0.597. The van der Waals surface area contributed by atoms with Gasteiger partial charge in [-0.2, -0.15) is 0 Å². The van der Waals surface area contributed by atoms with Crippen LogP contribution in [0.15, 0.2) is 0 Å². The number of aliphatic hydroxyl groups excluding tert-OH is 2. The highest BCUT2D eigenvalue weighted by Gasteiger charge is 2.53. The lowest BCUT2D eigenvalue weighted by Crippen LogP contribution is -2.31. The molecule has 4 unspecified atom stereocenters. The van der Waals surface area contributed by atoms with Gasteiger partial charge in [0.2, 0.25) is 0 Å². The van der Waals surface area contributed by atoms with Gasteiger partial charge in [-0.05, 0) is 40.0 Å². The van der Waals surface area contributed by atoms with E-state index < -0.39 is 17.7 Å². The third kappa shape index (κ3) is 6.88. The van der Waals surface area contributed by atoms with Gasteiger partial charge < -0.3 is 38.6 Å². The van der Waals surface area contributed by atoms with Crippen LogP contribution in [0.1, 0.15) is 82.1 Å². The van der Waals surface area contributed by atoms with Crippen LogP contribution < -0.4 is 0 Å². The first kappa shape index (κ1) is 28.9. The van der Waals surface area contributed by atoms with Gasteiger partial charge in [0, 0.05) is 18.3 Å². The Kier molecular flexibility index (Phi) is 9.78. The molecule has 4 saturated heterocycles. The zero-order chi connectivity index (χ0) is 23.8. The minimum atomic E-state index is -0.737. The Hall–Kier alpha value is -0.320. The SMILES string of the molecule is C.CCC(C)C[C@H]1O[C@@H]2OC(C)(C)OC2[C@H]1C.C[C@@H]1C2OC(C)(C)O[C@H]2O[C@@H]1CC(O)CO. The smallest absolute Gasteiger partial charge is 0.187 e. The summed E-state index contributed by atoms with van der Waals surface area (Å²) in [5.74, 6) is 0.225. The van der Waals surface area contributed by atoms with Crippen molar-refractivity contribution in [3.8, 4) is 0 Å². The number of hydrogen-bond donors (Lipinski definition) is 2. The molecule has 4 fully saturated rings. The summed E-state index contributed by atoms with van der Waals surface area (Å²) in [6.45, 7) is 16.1. The molecule has 4 heterocycles. The van der Waals surface area contributed by atoms with E-state index in [9.17, 15) is 5.11 Å². The second kappa shape index (κ2) is 11.2. The second-order valence-corrected chi connectivity index (χ2v) is 10.8. The molecule has 0 radical (unpaired) electrons. The maximum Gasteiger partial charge on any atom is 0.187 e. The Balaban J connectivity index is 0.000000227. The van der Waals surface area contributed by atoms with Gasteiger partial charge in [-0.25, -0.2) is 0 Å². The lowest BCUT2D eigenvalue weighted by Gasteiger charge is -2.25. The summed E-state index contributed by atoms with van der Waals surface area (Å²) >= 11 is 0. The average molecular weight is 477 g/mol. The van der Waals surface area contributed by atoms with Crippen molar-refractivity contribution in [2.24, 2.45) is 17.8 Å². The van der Waals surface area contributed by atoms with Crippen LogP contribution in [0, 0.1) is 17.8 Å². The van der Waals surface area contributed by atoms with E-state index in [1.807, 2.05) is 34.6 Å². The van der Waals surface area contributed by atoms with Crippen molar-refractivity contribution in [3.63, 3.8) is 0 Å². The van der Waals surface area contributed by atoms with Crippen molar-refractivity contribution >= 4 is 0 Å². The molecular formula is C25H48O8. The molecule has 2 N–H and O–H groups in total. The predicted octanol–water partition coefficient (Wildman–Crippen LogP) is 3.81. The van der Waals surface area contributed by atoms with Crippen molar-refractivity contribution in [1.29, 1.82) is 0 Å². The average Bonchev–Trinajstić information content (AvgIpc) is 3.35. The van der Waals surface area contributed by atoms with Crippen LogP contribution in [0.2, 0.25) is 0 Å². The molecule has 4 aliphatic heterocycles. The molecule has 0 bridgehead atoms. The van der Waals surface area contributed by atoms with Crippen molar-refractivity contribution < 1.29 is 38.6 Å².